The fourth-order valence-electron chi connectivity index (χ4n) is 2.86. The van der Waals surface area contributed by atoms with Crippen LogP contribution >= 0.6 is 0 Å². The number of nitrogens with zero attached hydrogens (tertiary/aromatic N) is 2. The van der Waals surface area contributed by atoms with E-state index in [1.54, 1.807) is 4.90 Å². The Hall–Kier alpha value is -1.34. The summed E-state index contributed by atoms with van der Waals surface area (Å²) >= 11 is 0. The van der Waals surface area contributed by atoms with Gasteiger partial charge in [0, 0.05) is 32.7 Å². The van der Waals surface area contributed by atoms with Gasteiger partial charge in [-0.05, 0) is 33.6 Å². The SMILES string of the molecule is CC(C)(C)OC(=O)N1CCC[C@H]1C(=O)NCCN1CCOCC1. The molecule has 0 aromatic heterocycles. The number of rotatable bonds is 4. The van der Waals surface area contributed by atoms with Crippen molar-refractivity contribution in [1.29, 1.82) is 0 Å². The van der Waals surface area contributed by atoms with E-state index in [0.29, 0.717) is 19.5 Å². The van der Waals surface area contributed by atoms with Crippen LogP contribution in [0.3, 0.4) is 0 Å². The van der Waals surface area contributed by atoms with Crippen LogP contribution in [0, 0.1) is 0 Å². The molecule has 2 heterocycles. The predicted molar refractivity (Wildman–Crippen MR) is 86.2 cm³/mol. The minimum atomic E-state index is -0.545. The van der Waals surface area contributed by atoms with Crippen LogP contribution < -0.4 is 5.32 Å². The van der Waals surface area contributed by atoms with Gasteiger partial charge in [0.15, 0.2) is 0 Å². The molecular formula is C16H29N3O4. The van der Waals surface area contributed by atoms with E-state index in [1.165, 1.54) is 0 Å². The molecule has 0 unspecified atom stereocenters. The third-order valence-electron chi connectivity index (χ3n) is 4.01. The van der Waals surface area contributed by atoms with Crippen molar-refractivity contribution in [3.8, 4) is 0 Å². The molecule has 0 aromatic rings. The lowest BCUT2D eigenvalue weighted by Gasteiger charge is -2.29. The minimum Gasteiger partial charge on any atom is -0.444 e. The first-order chi connectivity index (χ1) is 10.9. The normalized spacial score (nSPS) is 22.9. The third-order valence-corrected chi connectivity index (χ3v) is 4.01. The van der Waals surface area contributed by atoms with Crippen molar-refractivity contribution in [2.24, 2.45) is 0 Å². The van der Waals surface area contributed by atoms with Crippen molar-refractivity contribution < 1.29 is 19.1 Å². The van der Waals surface area contributed by atoms with Crippen LogP contribution in [0.2, 0.25) is 0 Å². The summed E-state index contributed by atoms with van der Waals surface area (Å²) in [6.45, 7) is 10.8. The summed E-state index contributed by atoms with van der Waals surface area (Å²) in [4.78, 5) is 28.4. The summed E-state index contributed by atoms with van der Waals surface area (Å²) in [5, 5.41) is 2.95. The second kappa shape index (κ2) is 7.97. The number of hydrogen-bond acceptors (Lipinski definition) is 5. The maximum atomic E-state index is 12.4. The lowest BCUT2D eigenvalue weighted by molar-refractivity contribution is -0.125. The quantitative estimate of drug-likeness (QED) is 0.828. The average molecular weight is 327 g/mol. The van der Waals surface area contributed by atoms with Crippen molar-refractivity contribution >= 4 is 12.0 Å². The molecule has 7 nitrogen and oxygen atoms in total. The highest BCUT2D eigenvalue weighted by Gasteiger charge is 2.36. The van der Waals surface area contributed by atoms with Crippen LogP contribution in [0.1, 0.15) is 33.6 Å². The van der Waals surface area contributed by atoms with E-state index in [1.807, 2.05) is 20.8 Å². The molecule has 1 atom stereocenters. The molecule has 2 aliphatic rings. The molecule has 132 valence electrons. The Morgan fingerprint density at radius 3 is 2.57 bits per heavy atom. The highest BCUT2D eigenvalue weighted by molar-refractivity contribution is 5.86. The highest BCUT2D eigenvalue weighted by atomic mass is 16.6. The molecule has 0 saturated carbocycles. The van der Waals surface area contributed by atoms with Gasteiger partial charge >= 0.3 is 6.09 Å². The molecule has 2 saturated heterocycles. The molecule has 2 aliphatic heterocycles. The Labute approximate surface area is 138 Å². The molecule has 2 amide bonds. The third kappa shape index (κ3) is 5.66. The van der Waals surface area contributed by atoms with Crippen LogP contribution in [0.15, 0.2) is 0 Å². The Morgan fingerprint density at radius 2 is 1.91 bits per heavy atom. The zero-order valence-corrected chi connectivity index (χ0v) is 14.5. The second-order valence-electron chi connectivity index (χ2n) is 7.08. The van der Waals surface area contributed by atoms with Gasteiger partial charge in [-0.1, -0.05) is 0 Å². The van der Waals surface area contributed by atoms with E-state index in [-0.39, 0.29) is 5.91 Å². The maximum Gasteiger partial charge on any atom is 0.410 e. The van der Waals surface area contributed by atoms with Crippen molar-refractivity contribution in [2.45, 2.75) is 45.3 Å². The summed E-state index contributed by atoms with van der Waals surface area (Å²) in [5.74, 6) is -0.0818. The number of nitrogens with one attached hydrogen (secondary N) is 1. The van der Waals surface area contributed by atoms with E-state index in [2.05, 4.69) is 10.2 Å². The number of hydrogen-bond donors (Lipinski definition) is 1. The zero-order valence-electron chi connectivity index (χ0n) is 14.5. The molecule has 2 fully saturated rings. The lowest BCUT2D eigenvalue weighted by Crippen LogP contribution is -2.49. The fourth-order valence-corrected chi connectivity index (χ4v) is 2.86. The van der Waals surface area contributed by atoms with Crippen LogP contribution in [0.5, 0.6) is 0 Å². The van der Waals surface area contributed by atoms with Crippen molar-refractivity contribution in [2.75, 3.05) is 45.9 Å². The van der Waals surface area contributed by atoms with E-state index in [4.69, 9.17) is 9.47 Å². The van der Waals surface area contributed by atoms with E-state index >= 15 is 0 Å². The zero-order chi connectivity index (χ0) is 16.9. The number of carbonyl (C=O) groups is 2. The highest BCUT2D eigenvalue weighted by Crippen LogP contribution is 2.20. The van der Waals surface area contributed by atoms with Gasteiger partial charge in [0.05, 0.1) is 13.2 Å². The van der Waals surface area contributed by atoms with Crippen LogP contribution in [0.25, 0.3) is 0 Å². The van der Waals surface area contributed by atoms with Crippen molar-refractivity contribution in [3.63, 3.8) is 0 Å². The van der Waals surface area contributed by atoms with Crippen LogP contribution in [0.4, 0.5) is 4.79 Å². The first-order valence-corrected chi connectivity index (χ1v) is 8.44. The minimum absolute atomic E-state index is 0.0818. The first kappa shape index (κ1) is 18.0. The lowest BCUT2D eigenvalue weighted by atomic mass is 10.2. The van der Waals surface area contributed by atoms with Crippen molar-refractivity contribution in [1.82, 2.24) is 15.1 Å². The number of carbonyl (C=O) groups excluding carboxylic acids is 2. The van der Waals surface area contributed by atoms with Gasteiger partial charge in [-0.25, -0.2) is 4.79 Å². The van der Waals surface area contributed by atoms with Gasteiger partial charge in [0.2, 0.25) is 5.91 Å². The van der Waals surface area contributed by atoms with Gasteiger partial charge in [-0.15, -0.1) is 0 Å². The molecule has 2 rings (SSSR count). The maximum absolute atomic E-state index is 12.4. The second-order valence-corrected chi connectivity index (χ2v) is 7.08. The Kier molecular flexibility index (Phi) is 6.24. The molecule has 0 aromatic carbocycles. The van der Waals surface area contributed by atoms with Crippen LogP contribution in [-0.2, 0) is 14.3 Å². The number of likely N-dealkylation sites (tertiary alicyclic amines) is 1. The van der Waals surface area contributed by atoms with Crippen molar-refractivity contribution in [3.05, 3.63) is 0 Å². The van der Waals surface area contributed by atoms with Crippen LogP contribution in [-0.4, -0.2) is 79.4 Å². The smallest absolute Gasteiger partial charge is 0.410 e. The molecule has 7 heteroatoms. The largest absolute Gasteiger partial charge is 0.444 e. The van der Waals surface area contributed by atoms with Gasteiger partial charge in [0.1, 0.15) is 11.6 Å². The van der Waals surface area contributed by atoms with Gasteiger partial charge < -0.3 is 14.8 Å². The number of ether oxygens (including phenoxy) is 2. The summed E-state index contributed by atoms with van der Waals surface area (Å²) in [6.07, 6.45) is 1.13. The average Bonchev–Trinajstić information content (AvgIpc) is 2.96. The first-order valence-electron chi connectivity index (χ1n) is 8.44. The van der Waals surface area contributed by atoms with E-state index in [9.17, 15) is 9.59 Å². The summed E-state index contributed by atoms with van der Waals surface area (Å²) < 4.78 is 10.7. The summed E-state index contributed by atoms with van der Waals surface area (Å²) in [7, 11) is 0. The molecule has 23 heavy (non-hydrogen) atoms. The Morgan fingerprint density at radius 1 is 1.22 bits per heavy atom. The predicted octanol–water partition coefficient (Wildman–Crippen LogP) is 0.834. The van der Waals surface area contributed by atoms with Gasteiger partial charge in [0.25, 0.3) is 0 Å². The van der Waals surface area contributed by atoms with Gasteiger partial charge in [-0.3, -0.25) is 14.6 Å². The van der Waals surface area contributed by atoms with Gasteiger partial charge in [-0.2, -0.15) is 0 Å². The number of amides is 2. The molecule has 0 bridgehead atoms. The topological polar surface area (TPSA) is 71.1 Å². The molecular weight excluding hydrogens is 298 g/mol. The monoisotopic (exact) mass is 327 g/mol. The summed E-state index contributed by atoms with van der Waals surface area (Å²) in [5.41, 5.74) is -0.545. The molecule has 0 spiro atoms. The Bertz CT molecular complexity index is 416. The summed E-state index contributed by atoms with van der Waals surface area (Å²) in [6, 6.07) is -0.408. The van der Waals surface area contributed by atoms with E-state index < -0.39 is 17.7 Å². The fraction of sp³-hybridized carbons (Fsp3) is 0.875. The molecule has 1 N–H and O–H groups in total. The van der Waals surface area contributed by atoms with E-state index in [0.717, 1.165) is 39.3 Å². The number of morpholine rings is 1. The Balaban J connectivity index is 1.77. The molecule has 0 radical (unpaired) electrons. The standard InChI is InChI=1S/C16H29N3O4/c1-16(2,3)23-15(21)19-7-4-5-13(19)14(20)17-6-8-18-9-11-22-12-10-18/h13H,4-12H2,1-3H3,(H,17,20)/t13-/m0/s1. The molecule has 0 aliphatic carbocycles.